The molecule has 1 aromatic heterocycles. The van der Waals surface area contributed by atoms with Crippen molar-refractivity contribution in [2.75, 3.05) is 6.61 Å². The van der Waals surface area contributed by atoms with Gasteiger partial charge in [0, 0.05) is 0 Å². The molecule has 0 atom stereocenters. The summed E-state index contributed by atoms with van der Waals surface area (Å²) in [6.45, 7) is 4.43. The molecule has 0 aliphatic rings. The van der Waals surface area contributed by atoms with Crippen LogP contribution < -0.4 is 15.6 Å². The summed E-state index contributed by atoms with van der Waals surface area (Å²) in [7, 11) is 0. The summed E-state index contributed by atoms with van der Waals surface area (Å²) in [5.74, 6) is 0.937. The van der Waals surface area contributed by atoms with Crippen LogP contribution in [0.4, 0.5) is 0 Å². The molecule has 1 heterocycles. The largest absolute Gasteiger partial charge is 0.491 e. The molecular formula is C26H25N3O3. The quantitative estimate of drug-likeness (QED) is 0.485. The number of amides is 1. The molecule has 0 radical (unpaired) electrons. The Bertz CT molecular complexity index is 1310. The number of hydrogen-bond acceptors (Lipinski definition) is 4. The standard InChI is InChI=1S/C26H25N3O3/c1-3-32-25-18(2)10-9-15-22(25)29-23(28-21-14-8-7-13-20(21)26(29)31)17-27-24(30)16-19-11-5-4-6-12-19/h4-15H,3,16-17H2,1-2H3,(H,27,30). The average Bonchev–Trinajstić information content (AvgIpc) is 2.80. The highest BCUT2D eigenvalue weighted by Gasteiger charge is 2.18. The molecule has 0 saturated heterocycles. The van der Waals surface area contributed by atoms with Crippen molar-refractivity contribution in [3.8, 4) is 11.4 Å². The summed E-state index contributed by atoms with van der Waals surface area (Å²) in [5, 5.41) is 3.42. The van der Waals surface area contributed by atoms with Crippen molar-refractivity contribution in [1.82, 2.24) is 14.9 Å². The minimum atomic E-state index is -0.200. The molecule has 0 aliphatic heterocycles. The number of ether oxygens (including phenoxy) is 1. The second-order valence-corrected chi connectivity index (χ2v) is 7.48. The summed E-state index contributed by atoms with van der Waals surface area (Å²) >= 11 is 0. The predicted octanol–water partition coefficient (Wildman–Crippen LogP) is 3.95. The maximum Gasteiger partial charge on any atom is 0.266 e. The minimum Gasteiger partial charge on any atom is -0.491 e. The van der Waals surface area contributed by atoms with Crippen LogP contribution >= 0.6 is 0 Å². The van der Waals surface area contributed by atoms with Crippen LogP contribution in [0.2, 0.25) is 0 Å². The number of fused-ring (bicyclic) bond motifs is 1. The molecule has 6 heteroatoms. The van der Waals surface area contributed by atoms with E-state index in [0.717, 1.165) is 11.1 Å². The van der Waals surface area contributed by atoms with E-state index in [1.165, 1.54) is 0 Å². The van der Waals surface area contributed by atoms with E-state index in [0.29, 0.717) is 34.8 Å². The number of carbonyl (C=O) groups excluding carboxylic acids is 1. The maximum atomic E-state index is 13.5. The van der Waals surface area contributed by atoms with E-state index in [1.807, 2.05) is 74.5 Å². The molecule has 0 spiro atoms. The molecule has 1 amide bonds. The van der Waals surface area contributed by atoms with Crippen LogP contribution in [0, 0.1) is 6.92 Å². The first kappa shape index (κ1) is 21.3. The van der Waals surface area contributed by atoms with E-state index in [1.54, 1.807) is 16.7 Å². The Labute approximate surface area is 186 Å². The molecule has 162 valence electrons. The van der Waals surface area contributed by atoms with Gasteiger partial charge in [-0.25, -0.2) is 4.98 Å². The highest BCUT2D eigenvalue weighted by Crippen LogP contribution is 2.27. The Kier molecular flexibility index (Phi) is 6.31. The van der Waals surface area contributed by atoms with Crippen molar-refractivity contribution < 1.29 is 9.53 Å². The molecule has 1 N–H and O–H groups in total. The van der Waals surface area contributed by atoms with Gasteiger partial charge in [-0.15, -0.1) is 0 Å². The van der Waals surface area contributed by atoms with E-state index in [9.17, 15) is 9.59 Å². The molecule has 0 bridgehead atoms. The van der Waals surface area contributed by atoms with E-state index < -0.39 is 0 Å². The molecule has 4 rings (SSSR count). The fraction of sp³-hybridized carbons (Fsp3) is 0.192. The van der Waals surface area contributed by atoms with Gasteiger partial charge in [-0.1, -0.05) is 54.6 Å². The molecule has 32 heavy (non-hydrogen) atoms. The Hall–Kier alpha value is -3.93. The second kappa shape index (κ2) is 9.47. The van der Waals surface area contributed by atoms with Crippen LogP contribution in [0.3, 0.4) is 0 Å². The molecule has 0 saturated carbocycles. The fourth-order valence-corrected chi connectivity index (χ4v) is 3.71. The SMILES string of the molecule is CCOc1c(C)cccc1-n1c(CNC(=O)Cc2ccccc2)nc2ccccc2c1=O. The minimum absolute atomic E-state index is 0.116. The summed E-state index contributed by atoms with van der Waals surface area (Å²) in [6.07, 6.45) is 0.257. The van der Waals surface area contributed by atoms with Crippen molar-refractivity contribution >= 4 is 16.8 Å². The monoisotopic (exact) mass is 427 g/mol. The van der Waals surface area contributed by atoms with Crippen molar-refractivity contribution in [3.05, 3.63) is 100 Å². The van der Waals surface area contributed by atoms with E-state index in [2.05, 4.69) is 5.32 Å². The van der Waals surface area contributed by atoms with Crippen LogP contribution in [0.1, 0.15) is 23.9 Å². The van der Waals surface area contributed by atoms with Crippen LogP contribution in [0.5, 0.6) is 5.75 Å². The Morgan fingerprint density at radius 1 is 1.00 bits per heavy atom. The first-order valence-corrected chi connectivity index (χ1v) is 10.6. The number of nitrogens with one attached hydrogen (secondary N) is 1. The van der Waals surface area contributed by atoms with Crippen LogP contribution in [-0.2, 0) is 17.8 Å². The lowest BCUT2D eigenvalue weighted by Crippen LogP contribution is -2.31. The van der Waals surface area contributed by atoms with E-state index >= 15 is 0 Å². The van der Waals surface area contributed by atoms with Crippen molar-refractivity contribution in [2.45, 2.75) is 26.8 Å². The maximum absolute atomic E-state index is 13.5. The van der Waals surface area contributed by atoms with Gasteiger partial charge in [0.15, 0.2) is 0 Å². The summed E-state index contributed by atoms with van der Waals surface area (Å²) < 4.78 is 7.42. The van der Waals surface area contributed by atoms with Crippen LogP contribution in [0.15, 0.2) is 77.6 Å². The topological polar surface area (TPSA) is 73.2 Å². The average molecular weight is 428 g/mol. The third-order valence-electron chi connectivity index (χ3n) is 5.22. The van der Waals surface area contributed by atoms with Gasteiger partial charge in [-0.3, -0.25) is 14.2 Å². The zero-order valence-corrected chi connectivity index (χ0v) is 18.2. The van der Waals surface area contributed by atoms with Crippen molar-refractivity contribution in [2.24, 2.45) is 0 Å². The summed E-state index contributed by atoms with van der Waals surface area (Å²) in [6, 6.07) is 22.4. The van der Waals surface area contributed by atoms with Crippen molar-refractivity contribution in [3.63, 3.8) is 0 Å². The normalized spacial score (nSPS) is 10.8. The molecule has 0 aliphatic carbocycles. The number of nitrogens with zero attached hydrogens (tertiary/aromatic N) is 2. The fourth-order valence-electron chi connectivity index (χ4n) is 3.71. The van der Waals surface area contributed by atoms with Crippen molar-refractivity contribution in [1.29, 1.82) is 0 Å². The Morgan fingerprint density at radius 3 is 2.53 bits per heavy atom. The Balaban J connectivity index is 1.76. The van der Waals surface area contributed by atoms with E-state index in [-0.39, 0.29) is 24.4 Å². The van der Waals surface area contributed by atoms with E-state index in [4.69, 9.17) is 9.72 Å². The first-order valence-electron chi connectivity index (χ1n) is 10.6. The number of aromatic nitrogens is 2. The molecule has 0 fully saturated rings. The van der Waals surface area contributed by atoms with Gasteiger partial charge in [-0.2, -0.15) is 0 Å². The zero-order valence-electron chi connectivity index (χ0n) is 18.2. The first-order chi connectivity index (χ1) is 15.6. The predicted molar refractivity (Wildman–Crippen MR) is 125 cm³/mol. The lowest BCUT2D eigenvalue weighted by molar-refractivity contribution is -0.120. The van der Waals surface area contributed by atoms with Gasteiger partial charge < -0.3 is 10.1 Å². The number of hydrogen-bond donors (Lipinski definition) is 1. The van der Waals surface area contributed by atoms with Gasteiger partial charge >= 0.3 is 0 Å². The summed E-state index contributed by atoms with van der Waals surface area (Å²) in [5.41, 5.74) is 2.85. The third kappa shape index (κ3) is 4.39. The molecule has 6 nitrogen and oxygen atoms in total. The highest BCUT2D eigenvalue weighted by molar-refractivity contribution is 5.79. The third-order valence-corrected chi connectivity index (χ3v) is 5.22. The lowest BCUT2D eigenvalue weighted by atomic mass is 10.1. The van der Waals surface area contributed by atoms with Gasteiger partial charge in [0.2, 0.25) is 5.91 Å². The molecule has 0 unspecified atom stereocenters. The molecular weight excluding hydrogens is 402 g/mol. The number of aryl methyl sites for hydroxylation is 1. The van der Waals surface area contributed by atoms with Crippen LogP contribution in [0.25, 0.3) is 16.6 Å². The second-order valence-electron chi connectivity index (χ2n) is 7.48. The number of benzene rings is 3. The number of rotatable bonds is 7. The number of carbonyl (C=O) groups is 1. The van der Waals surface area contributed by atoms with Gasteiger partial charge in [0.1, 0.15) is 11.6 Å². The van der Waals surface area contributed by atoms with Gasteiger partial charge in [0.25, 0.3) is 5.56 Å². The smallest absolute Gasteiger partial charge is 0.266 e. The van der Waals surface area contributed by atoms with Crippen LogP contribution in [-0.4, -0.2) is 22.1 Å². The van der Waals surface area contributed by atoms with Gasteiger partial charge in [-0.05, 0) is 43.2 Å². The summed E-state index contributed by atoms with van der Waals surface area (Å²) in [4.78, 5) is 30.8. The lowest BCUT2D eigenvalue weighted by Gasteiger charge is -2.18. The Morgan fingerprint density at radius 2 is 1.75 bits per heavy atom. The number of para-hydroxylation sites is 2. The highest BCUT2D eigenvalue weighted by atomic mass is 16.5. The molecule has 4 aromatic rings. The van der Waals surface area contributed by atoms with Gasteiger partial charge in [0.05, 0.1) is 36.2 Å². The molecule has 3 aromatic carbocycles. The zero-order chi connectivity index (χ0) is 22.5.